The maximum absolute atomic E-state index is 11.4. The van der Waals surface area contributed by atoms with E-state index in [0.717, 1.165) is 6.42 Å². The van der Waals surface area contributed by atoms with Crippen LogP contribution in [-0.4, -0.2) is 31.4 Å². The van der Waals surface area contributed by atoms with E-state index < -0.39 is 5.41 Å². The lowest BCUT2D eigenvalue weighted by Crippen LogP contribution is -2.42. The Morgan fingerprint density at radius 3 is 2.19 bits per heavy atom. The first-order valence-corrected chi connectivity index (χ1v) is 5.13. The second-order valence-electron chi connectivity index (χ2n) is 4.42. The Morgan fingerprint density at radius 1 is 1.19 bits per heavy atom. The topological polar surface area (TPSA) is 84.2 Å². The van der Waals surface area contributed by atoms with Gasteiger partial charge in [0.25, 0.3) is 0 Å². The minimum atomic E-state index is -0.461. The smallest absolute Gasteiger partial charge is 0.239 e. The summed E-state index contributed by atoms with van der Waals surface area (Å²) in [5.41, 5.74) is 4.81. The van der Waals surface area contributed by atoms with E-state index in [9.17, 15) is 9.59 Å². The quantitative estimate of drug-likeness (QED) is 0.603. The molecule has 0 unspecified atom stereocenters. The van der Waals surface area contributed by atoms with Gasteiger partial charge in [0.15, 0.2) is 0 Å². The predicted octanol–water partition coefficient (Wildman–Crippen LogP) is 0.0355. The van der Waals surface area contributed by atoms with Gasteiger partial charge in [0.1, 0.15) is 0 Å². The van der Waals surface area contributed by atoms with Crippen molar-refractivity contribution in [3.8, 4) is 0 Å². The van der Waals surface area contributed by atoms with Crippen LogP contribution in [0.3, 0.4) is 0 Å². The van der Waals surface area contributed by atoms with E-state index in [2.05, 4.69) is 10.6 Å². The van der Waals surface area contributed by atoms with Gasteiger partial charge in [0.05, 0.1) is 6.54 Å². The summed E-state index contributed by atoms with van der Waals surface area (Å²) in [6, 6.07) is 0. The highest BCUT2D eigenvalue weighted by Crippen LogP contribution is 2.11. The van der Waals surface area contributed by atoms with E-state index >= 15 is 0 Å². The third kappa shape index (κ3) is 8.49. The zero-order valence-electron chi connectivity index (χ0n) is 10.1. The highest BCUT2D eigenvalue weighted by Gasteiger charge is 2.21. The minimum absolute atomic E-state index is 0. The molecule has 0 aromatic carbocycles. The van der Waals surface area contributed by atoms with E-state index in [1.807, 2.05) is 0 Å². The van der Waals surface area contributed by atoms with Gasteiger partial charge >= 0.3 is 0 Å². The fourth-order valence-corrected chi connectivity index (χ4v) is 0.818. The molecule has 2 amide bonds. The lowest BCUT2D eigenvalue weighted by Gasteiger charge is -2.17. The van der Waals surface area contributed by atoms with E-state index in [0.29, 0.717) is 13.1 Å². The number of halogens is 1. The van der Waals surface area contributed by atoms with Crippen molar-refractivity contribution >= 4 is 24.2 Å². The molecule has 0 aliphatic carbocycles. The third-order valence-electron chi connectivity index (χ3n) is 1.79. The maximum atomic E-state index is 11.4. The highest BCUT2D eigenvalue weighted by atomic mass is 35.5. The lowest BCUT2D eigenvalue weighted by atomic mass is 9.96. The van der Waals surface area contributed by atoms with Crippen LogP contribution in [0.25, 0.3) is 0 Å². The van der Waals surface area contributed by atoms with Crippen molar-refractivity contribution in [2.45, 2.75) is 27.2 Å². The summed E-state index contributed by atoms with van der Waals surface area (Å²) in [5, 5.41) is 5.22. The largest absolute Gasteiger partial charge is 0.355 e. The molecule has 6 heteroatoms. The van der Waals surface area contributed by atoms with Crippen molar-refractivity contribution < 1.29 is 9.59 Å². The Bertz CT molecular complexity index is 227. The number of nitrogens with one attached hydrogen (secondary N) is 2. The standard InChI is InChI=1S/C10H21N3O2.ClH/c1-10(2,3)9(15)13-7-8(14)12-6-4-5-11;/h4-7,11H2,1-3H3,(H,12,14)(H,13,15);1H. The summed E-state index contributed by atoms with van der Waals surface area (Å²) in [6.45, 7) is 6.54. The maximum Gasteiger partial charge on any atom is 0.239 e. The molecule has 4 N–H and O–H groups in total. The molecule has 0 saturated carbocycles. The van der Waals surface area contributed by atoms with Gasteiger partial charge < -0.3 is 16.4 Å². The summed E-state index contributed by atoms with van der Waals surface area (Å²) < 4.78 is 0. The molecule has 0 aliphatic heterocycles. The molecule has 0 rings (SSSR count). The number of carbonyl (C=O) groups excluding carboxylic acids is 2. The summed E-state index contributed by atoms with van der Waals surface area (Å²) in [6.07, 6.45) is 0.749. The Labute approximate surface area is 103 Å². The summed E-state index contributed by atoms with van der Waals surface area (Å²) in [4.78, 5) is 22.6. The molecule has 0 heterocycles. The van der Waals surface area contributed by atoms with Crippen molar-refractivity contribution in [1.82, 2.24) is 10.6 Å². The van der Waals surface area contributed by atoms with Crippen LogP contribution in [0, 0.1) is 5.41 Å². The van der Waals surface area contributed by atoms with Crippen LogP contribution >= 0.6 is 12.4 Å². The SMILES string of the molecule is CC(C)(C)C(=O)NCC(=O)NCCCN.Cl. The molecule has 0 radical (unpaired) electrons. The molecular formula is C10H22ClN3O2. The Balaban J connectivity index is 0. The van der Waals surface area contributed by atoms with Crippen molar-refractivity contribution in [1.29, 1.82) is 0 Å². The first kappa shape index (κ1) is 17.6. The second-order valence-corrected chi connectivity index (χ2v) is 4.42. The van der Waals surface area contributed by atoms with Gasteiger partial charge in [0, 0.05) is 12.0 Å². The van der Waals surface area contributed by atoms with Gasteiger partial charge in [-0.25, -0.2) is 0 Å². The number of carbonyl (C=O) groups is 2. The van der Waals surface area contributed by atoms with E-state index in [-0.39, 0.29) is 30.8 Å². The fraction of sp³-hybridized carbons (Fsp3) is 0.800. The molecule has 0 spiro atoms. The Morgan fingerprint density at radius 2 is 1.75 bits per heavy atom. The predicted molar refractivity (Wildman–Crippen MR) is 66.4 cm³/mol. The Hall–Kier alpha value is -0.810. The fourth-order valence-electron chi connectivity index (χ4n) is 0.818. The monoisotopic (exact) mass is 251 g/mol. The van der Waals surface area contributed by atoms with E-state index in [4.69, 9.17) is 5.73 Å². The van der Waals surface area contributed by atoms with Crippen LogP contribution in [-0.2, 0) is 9.59 Å². The van der Waals surface area contributed by atoms with Crippen LogP contribution in [0.4, 0.5) is 0 Å². The zero-order chi connectivity index (χ0) is 11.9. The van der Waals surface area contributed by atoms with Crippen LogP contribution in [0.2, 0.25) is 0 Å². The summed E-state index contributed by atoms with van der Waals surface area (Å²) in [7, 11) is 0. The lowest BCUT2D eigenvalue weighted by molar-refractivity contribution is -0.131. The molecule has 5 nitrogen and oxygen atoms in total. The molecule has 96 valence electrons. The van der Waals surface area contributed by atoms with Gasteiger partial charge in [-0.1, -0.05) is 20.8 Å². The van der Waals surface area contributed by atoms with Crippen LogP contribution in [0.15, 0.2) is 0 Å². The molecule has 0 bridgehead atoms. The number of nitrogens with two attached hydrogens (primary N) is 1. The summed E-state index contributed by atoms with van der Waals surface area (Å²) >= 11 is 0. The Kier molecular flexibility index (Phi) is 9.18. The minimum Gasteiger partial charge on any atom is -0.355 e. The average Bonchev–Trinajstić information content (AvgIpc) is 2.13. The molecule has 0 aliphatic rings. The molecule has 0 saturated heterocycles. The normalized spacial score (nSPS) is 10.2. The number of rotatable bonds is 5. The van der Waals surface area contributed by atoms with E-state index in [1.54, 1.807) is 20.8 Å². The van der Waals surface area contributed by atoms with Gasteiger partial charge in [0.2, 0.25) is 11.8 Å². The van der Waals surface area contributed by atoms with Gasteiger partial charge in [-0.05, 0) is 13.0 Å². The van der Waals surface area contributed by atoms with Gasteiger partial charge in [-0.3, -0.25) is 9.59 Å². The number of hydrogen-bond donors (Lipinski definition) is 3. The van der Waals surface area contributed by atoms with Crippen LogP contribution in [0.5, 0.6) is 0 Å². The van der Waals surface area contributed by atoms with Crippen molar-refractivity contribution in [3.05, 3.63) is 0 Å². The molecule has 0 aromatic heterocycles. The highest BCUT2D eigenvalue weighted by molar-refractivity contribution is 5.87. The first-order valence-electron chi connectivity index (χ1n) is 5.13. The summed E-state index contributed by atoms with van der Waals surface area (Å²) in [5.74, 6) is -0.308. The third-order valence-corrected chi connectivity index (χ3v) is 1.79. The average molecular weight is 252 g/mol. The van der Waals surface area contributed by atoms with Crippen molar-refractivity contribution in [2.75, 3.05) is 19.6 Å². The first-order chi connectivity index (χ1) is 6.88. The second kappa shape index (κ2) is 8.35. The number of amides is 2. The van der Waals surface area contributed by atoms with Crippen molar-refractivity contribution in [2.24, 2.45) is 11.1 Å². The van der Waals surface area contributed by atoms with E-state index in [1.165, 1.54) is 0 Å². The molecule has 16 heavy (non-hydrogen) atoms. The van der Waals surface area contributed by atoms with Crippen LogP contribution in [0.1, 0.15) is 27.2 Å². The molecule has 0 aromatic rings. The molecule has 0 atom stereocenters. The number of hydrogen-bond acceptors (Lipinski definition) is 3. The van der Waals surface area contributed by atoms with Crippen molar-refractivity contribution in [3.63, 3.8) is 0 Å². The van der Waals surface area contributed by atoms with Gasteiger partial charge in [-0.15, -0.1) is 12.4 Å². The zero-order valence-corrected chi connectivity index (χ0v) is 10.9. The van der Waals surface area contributed by atoms with Gasteiger partial charge in [-0.2, -0.15) is 0 Å². The molecule has 0 fully saturated rings. The van der Waals surface area contributed by atoms with Crippen LogP contribution < -0.4 is 16.4 Å². The molecular weight excluding hydrogens is 230 g/mol.